The predicted molar refractivity (Wildman–Crippen MR) is 132 cm³/mol. The van der Waals surface area contributed by atoms with Gasteiger partial charge in [-0.25, -0.2) is 4.79 Å². The van der Waals surface area contributed by atoms with Crippen LogP contribution < -0.4 is 4.90 Å². The second-order valence-corrected chi connectivity index (χ2v) is 12.2. The van der Waals surface area contributed by atoms with Gasteiger partial charge in [0.2, 0.25) is 5.91 Å². The number of hydrogen-bond acceptors (Lipinski definition) is 5. The van der Waals surface area contributed by atoms with Crippen molar-refractivity contribution in [3.8, 4) is 11.8 Å². The zero-order valence-corrected chi connectivity index (χ0v) is 21.5. The zero-order chi connectivity index (χ0) is 23.8. The third-order valence-corrected chi connectivity index (χ3v) is 8.31. The lowest BCUT2D eigenvalue weighted by atomic mass is 9.80. The summed E-state index contributed by atoms with van der Waals surface area (Å²) in [6.45, 7) is 9.30. The van der Waals surface area contributed by atoms with E-state index in [4.69, 9.17) is 9.47 Å². The van der Waals surface area contributed by atoms with E-state index in [1.807, 2.05) is 11.0 Å². The highest BCUT2D eigenvalue weighted by atomic mass is 32.1. The fourth-order valence-electron chi connectivity index (χ4n) is 5.09. The minimum Gasteiger partial charge on any atom is -0.465 e. The molecule has 3 aliphatic rings. The van der Waals surface area contributed by atoms with Crippen molar-refractivity contribution >= 4 is 28.9 Å². The summed E-state index contributed by atoms with van der Waals surface area (Å²) in [5.41, 5.74) is 0.590. The molecule has 1 aromatic rings. The van der Waals surface area contributed by atoms with Crippen LogP contribution in [0.25, 0.3) is 0 Å². The molecule has 0 atom stereocenters. The van der Waals surface area contributed by atoms with Gasteiger partial charge in [0.1, 0.15) is 4.88 Å². The Labute approximate surface area is 202 Å². The molecule has 33 heavy (non-hydrogen) atoms. The van der Waals surface area contributed by atoms with E-state index < -0.39 is 5.97 Å². The molecule has 0 unspecified atom stereocenters. The maximum Gasteiger partial charge on any atom is 0.350 e. The highest BCUT2D eigenvalue weighted by molar-refractivity contribution is 7.15. The summed E-state index contributed by atoms with van der Waals surface area (Å²) in [4.78, 5) is 30.0. The highest BCUT2D eigenvalue weighted by Crippen LogP contribution is 2.45. The number of nitrogens with zero attached hydrogens (tertiary/aromatic N) is 1. The van der Waals surface area contributed by atoms with E-state index in [1.165, 1.54) is 18.4 Å². The van der Waals surface area contributed by atoms with Gasteiger partial charge in [0.15, 0.2) is 0 Å². The van der Waals surface area contributed by atoms with Crippen molar-refractivity contribution in [2.45, 2.75) is 90.7 Å². The Morgan fingerprint density at radius 1 is 1.15 bits per heavy atom. The first-order chi connectivity index (χ1) is 15.6. The van der Waals surface area contributed by atoms with Gasteiger partial charge in [0.05, 0.1) is 29.9 Å². The topological polar surface area (TPSA) is 59.1 Å². The summed E-state index contributed by atoms with van der Waals surface area (Å²) in [5, 5.41) is 0. The first kappa shape index (κ1) is 24.3. The number of epoxide rings is 1. The van der Waals surface area contributed by atoms with Crippen LogP contribution in [0.5, 0.6) is 0 Å². The van der Waals surface area contributed by atoms with E-state index in [-0.39, 0.29) is 28.9 Å². The molecular formula is C27H37NO4S. The lowest BCUT2D eigenvalue weighted by Crippen LogP contribution is -2.47. The van der Waals surface area contributed by atoms with Gasteiger partial charge < -0.3 is 14.4 Å². The number of hydrogen-bond donors (Lipinski definition) is 0. The summed E-state index contributed by atoms with van der Waals surface area (Å²) in [6, 6.07) is 2.02. The number of esters is 1. The van der Waals surface area contributed by atoms with Crippen LogP contribution in [-0.2, 0) is 14.3 Å². The van der Waals surface area contributed by atoms with E-state index >= 15 is 0 Å². The zero-order valence-electron chi connectivity index (χ0n) is 20.7. The molecule has 0 aromatic carbocycles. The molecule has 1 saturated heterocycles. The Bertz CT molecular complexity index is 941. The average Bonchev–Trinajstić information content (AvgIpc) is 3.40. The molecule has 2 aliphatic carbocycles. The van der Waals surface area contributed by atoms with Crippen LogP contribution in [-0.4, -0.2) is 37.2 Å². The Kier molecular flexibility index (Phi) is 6.94. The van der Waals surface area contributed by atoms with Gasteiger partial charge in [-0.05, 0) is 84.1 Å². The Hall–Kier alpha value is -1.84. The fourth-order valence-corrected chi connectivity index (χ4v) is 6.01. The Morgan fingerprint density at radius 3 is 2.33 bits per heavy atom. The number of anilines is 1. The molecule has 2 saturated carbocycles. The molecule has 0 N–H and O–H groups in total. The molecule has 180 valence electrons. The summed E-state index contributed by atoms with van der Waals surface area (Å²) < 4.78 is 10.8. The van der Waals surface area contributed by atoms with Crippen molar-refractivity contribution in [3.63, 3.8) is 0 Å². The number of carbonyl (C=O) groups is 2. The van der Waals surface area contributed by atoms with Gasteiger partial charge in [0, 0.05) is 17.4 Å². The summed E-state index contributed by atoms with van der Waals surface area (Å²) in [5.74, 6) is 6.95. The normalized spacial score (nSPS) is 29.2. The maximum atomic E-state index is 14.0. The summed E-state index contributed by atoms with van der Waals surface area (Å²) in [6.07, 6.45) is 7.75. The minimum absolute atomic E-state index is 0.0174. The molecular weight excluding hydrogens is 434 g/mol. The molecule has 2 heterocycles. The van der Waals surface area contributed by atoms with Gasteiger partial charge in [-0.2, -0.15) is 0 Å². The molecule has 1 aromatic heterocycles. The highest BCUT2D eigenvalue weighted by Gasteiger charge is 2.49. The number of amides is 1. The average molecular weight is 472 g/mol. The standard InChI is InChI=1S/C27H37NO4S/c1-18-6-8-19(9-7-18)24(29)28(20-10-14-27(15-11-20)17-32-27)22-16-21(12-13-26(2,3)4)33-23(22)25(30)31-5/h16,18-20H,6-11,14-15,17H2,1-5H3/t18-,19-,20-,27+. The van der Waals surface area contributed by atoms with E-state index in [9.17, 15) is 9.59 Å². The van der Waals surface area contributed by atoms with Crippen LogP contribution in [0.4, 0.5) is 5.69 Å². The molecule has 4 rings (SSSR count). The third-order valence-electron chi connectivity index (χ3n) is 7.29. The Morgan fingerprint density at radius 2 is 1.79 bits per heavy atom. The molecule has 0 bridgehead atoms. The molecule has 1 amide bonds. The Balaban J connectivity index is 1.70. The van der Waals surface area contributed by atoms with Gasteiger partial charge in [-0.1, -0.05) is 18.8 Å². The van der Waals surface area contributed by atoms with E-state index in [1.54, 1.807) is 0 Å². The van der Waals surface area contributed by atoms with Crippen molar-refractivity contribution < 1.29 is 19.1 Å². The van der Waals surface area contributed by atoms with Crippen molar-refractivity contribution in [2.75, 3.05) is 18.6 Å². The second-order valence-electron chi connectivity index (χ2n) is 11.2. The van der Waals surface area contributed by atoms with Gasteiger partial charge in [0.25, 0.3) is 0 Å². The van der Waals surface area contributed by atoms with Crippen LogP contribution in [0.2, 0.25) is 0 Å². The number of rotatable bonds is 4. The van der Waals surface area contributed by atoms with Crippen LogP contribution in [0.15, 0.2) is 6.07 Å². The van der Waals surface area contributed by atoms with Gasteiger partial charge in [-0.3, -0.25) is 4.79 Å². The van der Waals surface area contributed by atoms with Crippen LogP contribution in [0.1, 0.15) is 93.6 Å². The van der Waals surface area contributed by atoms with Gasteiger partial charge in [-0.15, -0.1) is 11.3 Å². The molecule has 5 nitrogen and oxygen atoms in total. The predicted octanol–water partition coefficient (Wildman–Crippen LogP) is 5.80. The van der Waals surface area contributed by atoms with Gasteiger partial charge >= 0.3 is 5.97 Å². The second kappa shape index (κ2) is 9.43. The van der Waals surface area contributed by atoms with E-state index in [0.717, 1.165) is 62.9 Å². The number of thiophene rings is 1. The largest absolute Gasteiger partial charge is 0.465 e. The lowest BCUT2D eigenvalue weighted by Gasteiger charge is -2.39. The van der Waals surface area contributed by atoms with Crippen LogP contribution in [0.3, 0.4) is 0 Å². The fraction of sp³-hybridized carbons (Fsp3) is 0.704. The first-order valence-corrected chi connectivity index (χ1v) is 13.1. The first-order valence-electron chi connectivity index (χ1n) is 12.3. The monoisotopic (exact) mass is 471 g/mol. The van der Waals surface area contributed by atoms with Crippen molar-refractivity contribution in [1.82, 2.24) is 0 Å². The number of carbonyl (C=O) groups excluding carboxylic acids is 2. The maximum absolute atomic E-state index is 14.0. The molecule has 3 fully saturated rings. The molecule has 0 radical (unpaired) electrons. The van der Waals surface area contributed by atoms with Crippen LogP contribution >= 0.6 is 11.3 Å². The van der Waals surface area contributed by atoms with Crippen molar-refractivity contribution in [2.24, 2.45) is 17.3 Å². The molecule has 1 aliphatic heterocycles. The van der Waals surface area contributed by atoms with Crippen molar-refractivity contribution in [1.29, 1.82) is 0 Å². The van der Waals surface area contributed by atoms with E-state index in [2.05, 4.69) is 39.5 Å². The summed E-state index contributed by atoms with van der Waals surface area (Å²) in [7, 11) is 1.40. The van der Waals surface area contributed by atoms with Crippen molar-refractivity contribution in [3.05, 3.63) is 15.8 Å². The quantitative estimate of drug-likeness (QED) is 0.316. The third kappa shape index (κ3) is 5.63. The number of methoxy groups -OCH3 is 1. The number of ether oxygens (including phenoxy) is 2. The SMILES string of the molecule is COC(=O)c1sc(C#CC(C)(C)C)cc1N(C(=O)[C@H]1CC[C@H](C)CC1)[C@H]1CC[C@@]2(CC1)CO2. The molecule has 6 heteroatoms. The molecule has 1 spiro atoms. The van der Waals surface area contributed by atoms with E-state index in [0.29, 0.717) is 16.5 Å². The van der Waals surface area contributed by atoms with Crippen LogP contribution in [0, 0.1) is 29.1 Å². The summed E-state index contributed by atoms with van der Waals surface area (Å²) >= 11 is 1.34. The smallest absolute Gasteiger partial charge is 0.350 e. The minimum atomic E-state index is -0.397. The lowest BCUT2D eigenvalue weighted by molar-refractivity contribution is -0.124.